The first-order valence-electron chi connectivity index (χ1n) is 10.3. The van der Waals surface area contributed by atoms with Gasteiger partial charge >= 0.3 is 0 Å². The third-order valence-electron chi connectivity index (χ3n) is 5.44. The molecule has 5 rings (SSSR count). The lowest BCUT2D eigenvalue weighted by molar-refractivity contribution is -0.137. The molecule has 1 fully saturated rings. The van der Waals surface area contributed by atoms with Crippen molar-refractivity contribution in [3.05, 3.63) is 52.2 Å². The zero-order chi connectivity index (χ0) is 23.8. The number of hydrogen-bond donors (Lipinski definition) is 4. The van der Waals surface area contributed by atoms with Crippen LogP contribution in [0.1, 0.15) is 11.8 Å². The van der Waals surface area contributed by atoms with Crippen molar-refractivity contribution in [3.8, 4) is 11.4 Å². The molecule has 0 saturated carbocycles. The van der Waals surface area contributed by atoms with Gasteiger partial charge < -0.3 is 25.6 Å². The summed E-state index contributed by atoms with van der Waals surface area (Å²) in [6, 6.07) is 3.69. The Morgan fingerprint density at radius 3 is 2.88 bits per heavy atom. The summed E-state index contributed by atoms with van der Waals surface area (Å²) in [5.74, 6) is 0.241. The van der Waals surface area contributed by atoms with Crippen LogP contribution < -0.4 is 10.6 Å². The number of carbonyl (C=O) groups excluding carboxylic acids is 1. The number of anilines is 1. The molecule has 1 amide bonds. The van der Waals surface area contributed by atoms with Gasteiger partial charge in [-0.05, 0) is 28.5 Å². The molecule has 13 heteroatoms. The Kier molecular flexibility index (Phi) is 6.15. The highest BCUT2D eigenvalue weighted by Crippen LogP contribution is 2.34. The zero-order valence-corrected chi connectivity index (χ0v) is 19.4. The molecule has 11 nitrogen and oxygen atoms in total. The van der Waals surface area contributed by atoms with Crippen molar-refractivity contribution in [2.45, 2.75) is 31.1 Å². The predicted molar refractivity (Wildman–Crippen MR) is 125 cm³/mol. The molecule has 0 unspecified atom stereocenters. The molecule has 1 saturated heterocycles. The van der Waals surface area contributed by atoms with Crippen LogP contribution in [-0.4, -0.2) is 66.0 Å². The van der Waals surface area contributed by atoms with Crippen LogP contribution in [0.4, 0.5) is 5.82 Å². The van der Waals surface area contributed by atoms with Gasteiger partial charge in [0, 0.05) is 31.5 Å². The molecule has 0 aromatic carbocycles. The summed E-state index contributed by atoms with van der Waals surface area (Å²) in [7, 11) is 1.43. The number of rotatable bonds is 6. The van der Waals surface area contributed by atoms with Crippen molar-refractivity contribution in [2.75, 3.05) is 12.4 Å². The largest absolute Gasteiger partial charge is 0.387 e. The second kappa shape index (κ2) is 9.24. The number of imidazole rings is 1. The molecule has 0 radical (unpaired) electrons. The van der Waals surface area contributed by atoms with Crippen LogP contribution in [0.3, 0.4) is 0 Å². The number of nitrogens with zero attached hydrogens (tertiary/aromatic N) is 5. The number of thiophene rings is 1. The maximum atomic E-state index is 12.1. The Hall–Kier alpha value is -3.16. The summed E-state index contributed by atoms with van der Waals surface area (Å²) in [6.07, 6.45) is -0.605. The van der Waals surface area contributed by atoms with Gasteiger partial charge in [0.25, 0.3) is 5.91 Å². The topological polar surface area (TPSA) is 147 Å². The molecule has 0 bridgehead atoms. The molecule has 4 aromatic rings. The lowest BCUT2D eigenvalue weighted by Crippen LogP contribution is -2.41. The van der Waals surface area contributed by atoms with Gasteiger partial charge in [-0.1, -0.05) is 11.6 Å². The molecule has 4 aromatic heterocycles. The van der Waals surface area contributed by atoms with Gasteiger partial charge in [-0.25, -0.2) is 15.0 Å². The fraction of sp³-hybridized carbons (Fsp3) is 0.286. The van der Waals surface area contributed by atoms with Crippen molar-refractivity contribution in [2.24, 2.45) is 0 Å². The fourth-order valence-electron chi connectivity index (χ4n) is 3.72. The van der Waals surface area contributed by atoms with E-state index in [0.717, 1.165) is 5.56 Å². The Morgan fingerprint density at radius 1 is 1.29 bits per heavy atom. The summed E-state index contributed by atoms with van der Waals surface area (Å²) in [5.41, 5.74) is 2.43. The molecule has 4 N–H and O–H groups in total. The molecular formula is C21H20ClN7O4S. The number of aliphatic hydroxyl groups excluding tert-OH is 2. The Morgan fingerprint density at radius 2 is 2.15 bits per heavy atom. The normalized spacial score (nSPS) is 22.2. The molecule has 1 aliphatic heterocycles. The maximum Gasteiger partial charge on any atom is 0.251 e. The quantitative estimate of drug-likeness (QED) is 0.309. The number of likely N-dealkylation sites (N-methyl/N-ethyl adjacent to an activating group) is 1. The first-order chi connectivity index (χ1) is 16.5. The summed E-state index contributed by atoms with van der Waals surface area (Å²) >= 11 is 7.71. The SMILES string of the molecule is CNC(=O)[C@H]1O[C@@H](n2cnc3c(NCc4ccsc4)nc(-c4cncc(Cl)c4)nc32)[C@H](O)[C@@H]1O. The Balaban J connectivity index is 1.59. The molecular weight excluding hydrogens is 482 g/mol. The molecule has 4 atom stereocenters. The summed E-state index contributed by atoms with van der Waals surface area (Å²) in [6.45, 7) is 0.510. The minimum Gasteiger partial charge on any atom is -0.387 e. The van der Waals surface area contributed by atoms with Crippen LogP contribution in [0.2, 0.25) is 5.02 Å². The van der Waals surface area contributed by atoms with E-state index in [1.165, 1.54) is 24.1 Å². The van der Waals surface area contributed by atoms with E-state index in [4.69, 9.17) is 16.3 Å². The van der Waals surface area contributed by atoms with Crippen LogP contribution in [0.15, 0.2) is 41.6 Å². The second-order valence-electron chi connectivity index (χ2n) is 7.64. The third kappa shape index (κ3) is 4.10. The highest BCUT2D eigenvalue weighted by molar-refractivity contribution is 7.07. The number of halogens is 1. The van der Waals surface area contributed by atoms with Gasteiger partial charge in [0.2, 0.25) is 0 Å². The standard InChI is InChI=1S/C21H20ClN7O4S/c1-23-20(32)16-14(30)15(31)21(33-16)29-9-26-13-18(25-5-10-2-3-34-8-10)27-17(28-19(13)29)11-4-12(22)7-24-6-11/h2-4,6-9,14-16,21,30-31H,5H2,1H3,(H,23,32)(H,25,27,28)/t14-,15+,16-,21+/m0/s1. The maximum absolute atomic E-state index is 12.1. The van der Waals surface area contributed by atoms with Crippen molar-refractivity contribution in [3.63, 3.8) is 0 Å². The molecule has 5 heterocycles. The molecule has 176 valence electrons. The van der Waals surface area contributed by atoms with Crippen LogP contribution in [0.5, 0.6) is 0 Å². The van der Waals surface area contributed by atoms with Crippen LogP contribution in [0.25, 0.3) is 22.6 Å². The minimum absolute atomic E-state index is 0.327. The van der Waals surface area contributed by atoms with E-state index in [2.05, 4.69) is 30.6 Å². The number of nitrogens with one attached hydrogen (secondary N) is 2. The molecule has 0 spiro atoms. The highest BCUT2D eigenvalue weighted by Gasteiger charge is 2.47. The average Bonchev–Trinajstić information content (AvgIpc) is 3.57. The van der Waals surface area contributed by atoms with Gasteiger partial charge in [0.05, 0.1) is 11.3 Å². The van der Waals surface area contributed by atoms with E-state index >= 15 is 0 Å². The number of pyridine rings is 1. The molecule has 0 aliphatic carbocycles. The van der Waals surface area contributed by atoms with E-state index < -0.39 is 30.4 Å². The minimum atomic E-state index is -1.42. The van der Waals surface area contributed by atoms with E-state index in [1.54, 1.807) is 23.6 Å². The van der Waals surface area contributed by atoms with E-state index in [1.807, 2.05) is 16.8 Å². The lowest BCUT2D eigenvalue weighted by Gasteiger charge is -2.17. The van der Waals surface area contributed by atoms with Crippen molar-refractivity contribution >= 4 is 45.8 Å². The van der Waals surface area contributed by atoms with Crippen LogP contribution in [-0.2, 0) is 16.1 Å². The number of aliphatic hydroxyl groups is 2. The number of ether oxygens (including phenoxy) is 1. The number of hydrogen-bond acceptors (Lipinski definition) is 10. The number of carbonyl (C=O) groups is 1. The van der Waals surface area contributed by atoms with Gasteiger partial charge in [-0.3, -0.25) is 14.3 Å². The molecule has 34 heavy (non-hydrogen) atoms. The predicted octanol–water partition coefficient (Wildman–Crippen LogP) is 1.58. The Bertz CT molecular complexity index is 1330. The first-order valence-corrected chi connectivity index (χ1v) is 11.6. The van der Waals surface area contributed by atoms with E-state index in [0.29, 0.717) is 39.9 Å². The van der Waals surface area contributed by atoms with Crippen LogP contribution in [0, 0.1) is 0 Å². The number of aromatic nitrogens is 5. The first kappa shape index (κ1) is 22.6. The van der Waals surface area contributed by atoms with Crippen molar-refractivity contribution < 1.29 is 19.7 Å². The monoisotopic (exact) mass is 501 g/mol. The van der Waals surface area contributed by atoms with Gasteiger partial charge in [-0.2, -0.15) is 11.3 Å². The summed E-state index contributed by atoms with van der Waals surface area (Å²) < 4.78 is 7.19. The van der Waals surface area contributed by atoms with Crippen LogP contribution >= 0.6 is 22.9 Å². The lowest BCUT2D eigenvalue weighted by atomic mass is 10.1. The van der Waals surface area contributed by atoms with E-state index in [9.17, 15) is 15.0 Å². The fourth-order valence-corrected chi connectivity index (χ4v) is 4.56. The Labute approximate surface area is 202 Å². The third-order valence-corrected chi connectivity index (χ3v) is 6.38. The van der Waals surface area contributed by atoms with Gasteiger partial charge in [0.1, 0.15) is 12.2 Å². The van der Waals surface area contributed by atoms with Crippen molar-refractivity contribution in [1.82, 2.24) is 29.8 Å². The highest BCUT2D eigenvalue weighted by atomic mass is 35.5. The number of fused-ring (bicyclic) bond motifs is 1. The summed E-state index contributed by atoms with van der Waals surface area (Å²) in [5, 5.41) is 31.1. The number of amides is 1. The van der Waals surface area contributed by atoms with Crippen molar-refractivity contribution in [1.29, 1.82) is 0 Å². The zero-order valence-electron chi connectivity index (χ0n) is 17.8. The van der Waals surface area contributed by atoms with E-state index in [-0.39, 0.29) is 0 Å². The van der Waals surface area contributed by atoms with Gasteiger partial charge in [-0.15, -0.1) is 0 Å². The smallest absolute Gasteiger partial charge is 0.251 e. The summed E-state index contributed by atoms with van der Waals surface area (Å²) in [4.78, 5) is 29.9. The molecule has 1 aliphatic rings. The second-order valence-corrected chi connectivity index (χ2v) is 8.86. The van der Waals surface area contributed by atoms with Gasteiger partial charge in [0.15, 0.2) is 35.1 Å². The average molecular weight is 502 g/mol.